The van der Waals surface area contributed by atoms with Crippen LogP contribution in [0.1, 0.15) is 261 Å². The highest BCUT2D eigenvalue weighted by atomic mass is 16.1. The largest absolute Gasteiger partial charge is 0.308 e. The number of hydrogen-bond donors (Lipinski definition) is 0. The Kier molecular flexibility index (Phi) is 8.49. The molecular weight excluding hydrogens is 949 g/mol. The third kappa shape index (κ3) is 6.64. The van der Waals surface area contributed by atoms with Gasteiger partial charge in [0.05, 0.1) is 46.8 Å². The molecular formula is C74H76N2O2. The van der Waals surface area contributed by atoms with Crippen LogP contribution in [-0.4, -0.2) is 20.4 Å². The standard InChI is InChI=1S/C74H76N2O2/c1-35(2)45-21-49(37(5)6)69(50(22-45)38(7)8)47-25-59-55-29-53-41-13-17-43(18-14-41)73(77)63(53)33-67(55)75-65-32-58-62-28-48(70-51(39(9)10)23-46(36(3)4)24-52(70)40(11)12)26-60-56-30-54-42-15-19-44(20-16-42)74(78)64(54)34-68(56)76(72(60)62)66(58)31-57(65)61(27-47)71(59)75/h21-44H,13-20H2,1-12H3/i25D,26D,27D,28D,29D,30D,31D,32D,33D,34D. The van der Waals surface area contributed by atoms with E-state index in [4.69, 9.17) is 0 Å². The minimum atomic E-state index is -0.313. The fourth-order valence-corrected chi connectivity index (χ4v) is 15.2. The molecule has 0 amide bonds. The lowest BCUT2D eigenvalue weighted by molar-refractivity contribution is 0.0891. The Morgan fingerprint density at radius 1 is 0.359 bits per heavy atom. The Labute approximate surface area is 474 Å². The van der Waals surface area contributed by atoms with Gasteiger partial charge in [0.15, 0.2) is 11.6 Å². The van der Waals surface area contributed by atoms with Gasteiger partial charge in [-0.3, -0.25) is 9.59 Å². The molecule has 0 spiro atoms. The van der Waals surface area contributed by atoms with Gasteiger partial charge < -0.3 is 8.80 Å². The molecule has 0 radical (unpaired) electrons. The summed E-state index contributed by atoms with van der Waals surface area (Å²) in [6, 6.07) is 8.33. The summed E-state index contributed by atoms with van der Waals surface area (Å²) in [5, 5.41) is 2.13. The number of hydrogen-bond acceptors (Lipinski definition) is 2. The van der Waals surface area contributed by atoms with Crippen LogP contribution in [-0.2, 0) is 0 Å². The normalized spacial score (nSPS) is 21.7. The van der Waals surface area contributed by atoms with E-state index in [0.717, 1.165) is 44.5 Å². The fraction of sp³-hybridized carbons (Fsp3) is 0.405. The van der Waals surface area contributed by atoms with E-state index >= 15 is 0 Å². The zero-order valence-corrected chi connectivity index (χ0v) is 47.5. The minimum Gasteiger partial charge on any atom is -0.308 e. The van der Waals surface area contributed by atoms with E-state index in [2.05, 4.69) is 107 Å². The lowest BCUT2D eigenvalue weighted by Crippen LogP contribution is -2.15. The molecule has 2 saturated carbocycles. The number of fused-ring (bicyclic) bond motifs is 16. The molecule has 0 unspecified atom stereocenters. The van der Waals surface area contributed by atoms with Crippen molar-refractivity contribution in [3.05, 3.63) is 140 Å². The quantitative estimate of drug-likeness (QED) is 0.152. The molecule has 6 aliphatic carbocycles. The lowest BCUT2D eigenvalue weighted by Gasteiger charge is -2.23. The molecule has 4 heterocycles. The topological polar surface area (TPSA) is 43.0 Å². The highest BCUT2D eigenvalue weighted by Crippen LogP contribution is 2.53. The van der Waals surface area contributed by atoms with Gasteiger partial charge in [0.2, 0.25) is 0 Å². The lowest BCUT2D eigenvalue weighted by atomic mass is 9.81. The molecule has 4 nitrogen and oxygen atoms in total. The monoisotopic (exact) mass is 1030 g/mol. The van der Waals surface area contributed by atoms with Gasteiger partial charge in [-0.25, -0.2) is 0 Å². The number of carbonyl (C=O) groups is 2. The van der Waals surface area contributed by atoms with E-state index in [0.29, 0.717) is 106 Å². The number of nitrogens with zero attached hydrogens (tertiary/aromatic N) is 2. The maximum Gasteiger partial charge on any atom is 0.166 e. The van der Waals surface area contributed by atoms with Gasteiger partial charge in [0.1, 0.15) is 0 Å². The summed E-state index contributed by atoms with van der Waals surface area (Å²) in [5.74, 6) is -1.16. The maximum atomic E-state index is 15.0. The highest BCUT2D eigenvalue weighted by molar-refractivity contribution is 6.30. The number of aromatic nitrogens is 2. The molecule has 7 aromatic carbocycles. The first-order chi connectivity index (χ1) is 41.7. The number of benzene rings is 7. The number of Topliss-reactive ketones (excluding diaryl/α,β-unsaturated/α-hetero) is 2. The number of rotatable bonds is 8. The first-order valence-corrected chi connectivity index (χ1v) is 29.6. The summed E-state index contributed by atoms with van der Waals surface area (Å²) in [6.07, 6.45) is 5.39. The molecule has 2 fully saturated rings. The molecule has 0 saturated heterocycles. The van der Waals surface area contributed by atoms with Crippen LogP contribution in [0.3, 0.4) is 0 Å². The minimum absolute atomic E-state index is 0.000157. The molecule has 0 atom stereocenters. The van der Waals surface area contributed by atoms with Gasteiger partial charge in [-0.1, -0.05) is 107 Å². The van der Waals surface area contributed by atoms with E-state index in [1.165, 1.54) is 0 Å². The Morgan fingerprint density at radius 3 is 0.936 bits per heavy atom. The summed E-state index contributed by atoms with van der Waals surface area (Å²) >= 11 is 0. The smallest absolute Gasteiger partial charge is 0.166 e. The van der Waals surface area contributed by atoms with E-state index in [1.807, 2.05) is 0 Å². The summed E-state index contributed by atoms with van der Waals surface area (Å²) in [4.78, 5) is 30.0. The fourth-order valence-electron chi connectivity index (χ4n) is 15.2. The Bertz CT molecular complexity index is 4630. The summed E-state index contributed by atoms with van der Waals surface area (Å²) in [6.45, 7) is 25.6. The average Bonchev–Trinajstić information content (AvgIpc) is 1.50. The van der Waals surface area contributed by atoms with Gasteiger partial charge in [0.25, 0.3) is 0 Å². The van der Waals surface area contributed by atoms with Crippen LogP contribution in [0.25, 0.3) is 98.4 Å². The Morgan fingerprint density at radius 2 is 0.641 bits per heavy atom. The van der Waals surface area contributed by atoms with Gasteiger partial charge in [-0.2, -0.15) is 0 Å². The van der Waals surface area contributed by atoms with Crippen molar-refractivity contribution in [2.24, 2.45) is 11.8 Å². The second-order valence-corrected chi connectivity index (χ2v) is 26.2. The number of carbonyl (C=O) groups excluding carboxylic acids is 2. The van der Waals surface area contributed by atoms with Crippen LogP contribution in [0.15, 0.2) is 84.7 Å². The van der Waals surface area contributed by atoms with Crippen LogP contribution in [0.4, 0.5) is 0 Å². The van der Waals surface area contributed by atoms with Gasteiger partial charge >= 0.3 is 0 Å². The van der Waals surface area contributed by atoms with E-state index in [9.17, 15) is 23.3 Å². The summed E-state index contributed by atoms with van der Waals surface area (Å²) in [5.41, 5.74) is 10.9. The van der Waals surface area contributed by atoms with Gasteiger partial charge in [0, 0.05) is 66.1 Å². The van der Waals surface area contributed by atoms with Crippen LogP contribution in [0.2, 0.25) is 0 Å². The molecule has 4 aromatic heterocycles. The summed E-state index contributed by atoms with van der Waals surface area (Å²) in [7, 11) is 0. The van der Waals surface area contributed by atoms with Crippen molar-refractivity contribution in [3.63, 3.8) is 0 Å². The average molecular weight is 1040 g/mol. The van der Waals surface area contributed by atoms with Crippen molar-refractivity contribution < 1.29 is 23.3 Å². The zero-order chi connectivity index (χ0) is 62.5. The van der Waals surface area contributed by atoms with E-state index < -0.39 is 0 Å². The van der Waals surface area contributed by atoms with E-state index in [1.54, 1.807) is 8.80 Å². The summed E-state index contributed by atoms with van der Waals surface area (Å²) < 4.78 is 111. The number of ketones is 2. The van der Waals surface area contributed by atoms with Crippen molar-refractivity contribution in [3.8, 4) is 22.3 Å². The predicted octanol–water partition coefficient (Wildman–Crippen LogP) is 21.0. The van der Waals surface area contributed by atoms with Crippen molar-refractivity contribution in [1.29, 1.82) is 0 Å². The van der Waals surface area contributed by atoms with Gasteiger partial charge in [-0.15, -0.1) is 0 Å². The molecule has 6 aliphatic rings. The van der Waals surface area contributed by atoms with Crippen molar-refractivity contribution in [2.75, 3.05) is 0 Å². The zero-order valence-electron chi connectivity index (χ0n) is 57.5. The molecule has 17 rings (SSSR count). The van der Waals surface area contributed by atoms with Crippen LogP contribution >= 0.6 is 0 Å². The first-order valence-electron chi connectivity index (χ1n) is 34.6. The SMILES string of the molecule is [2H]c1c2c(c([2H])c3c1c1c([2H])c(-c4c(C(C)C)cc(C(C)C)cc4C(C)C)c([2H])c4c5c([2H])c6c(c([2H])c5n3c14)c1c([2H])c(-c3c(C(C)C)cc(C(C)C)cc3C(C)C)c([2H])c3c4c([2H])c5c(c([2H])c4n6c31)C(=O)C1CCC5CC1)C(=O)C1CCC2CC1. The van der Waals surface area contributed by atoms with Crippen LogP contribution in [0.5, 0.6) is 0 Å². The molecule has 11 aromatic rings. The van der Waals surface area contributed by atoms with Crippen LogP contribution in [0, 0.1) is 11.8 Å². The second kappa shape index (κ2) is 17.0. The van der Waals surface area contributed by atoms with Crippen molar-refractivity contribution in [1.82, 2.24) is 8.80 Å². The molecule has 78 heavy (non-hydrogen) atoms. The molecule has 0 N–H and O–H groups in total. The Balaban J connectivity index is 1.24. The van der Waals surface area contributed by atoms with Gasteiger partial charge in [-0.05, 0) is 226 Å². The maximum absolute atomic E-state index is 15.0. The molecule has 4 heteroatoms. The molecule has 0 aliphatic heterocycles. The highest BCUT2D eigenvalue weighted by Gasteiger charge is 2.38. The molecule has 4 bridgehead atoms. The second-order valence-electron chi connectivity index (χ2n) is 26.2. The first kappa shape index (κ1) is 38.9. The predicted molar refractivity (Wildman–Crippen MR) is 329 cm³/mol. The van der Waals surface area contributed by atoms with E-state index in [-0.39, 0.29) is 186 Å². The van der Waals surface area contributed by atoms with Crippen LogP contribution < -0.4 is 0 Å². The third-order valence-corrected chi connectivity index (χ3v) is 19.5. The van der Waals surface area contributed by atoms with Crippen molar-refractivity contribution in [2.45, 2.75) is 182 Å². The van der Waals surface area contributed by atoms with Crippen molar-refractivity contribution >= 4 is 87.8 Å². The Hall–Kier alpha value is -6.52. The third-order valence-electron chi connectivity index (χ3n) is 19.5. The molecule has 394 valence electrons.